The van der Waals surface area contributed by atoms with E-state index >= 15 is 0 Å². The highest BCUT2D eigenvalue weighted by Crippen LogP contribution is 2.29. The lowest BCUT2D eigenvalue weighted by molar-refractivity contribution is 0.0702. The molecule has 136 valence electrons. The molecule has 0 fully saturated rings. The highest BCUT2D eigenvalue weighted by atomic mass is 35.5. The lowest BCUT2D eigenvalue weighted by atomic mass is 10.2. The molecule has 4 rings (SSSR count). The highest BCUT2D eigenvalue weighted by Gasteiger charge is 2.07. The summed E-state index contributed by atoms with van der Waals surface area (Å²) in [6.45, 7) is 0. The third-order valence-corrected chi connectivity index (χ3v) is 6.14. The summed E-state index contributed by atoms with van der Waals surface area (Å²) in [4.78, 5) is 13.3. The van der Waals surface area contributed by atoms with Gasteiger partial charge in [0.25, 0.3) is 0 Å². The normalized spacial score (nSPS) is 10.1. The van der Waals surface area contributed by atoms with Crippen molar-refractivity contribution in [2.75, 3.05) is 0 Å². The van der Waals surface area contributed by atoms with Gasteiger partial charge >= 0.3 is 5.97 Å². The van der Waals surface area contributed by atoms with Crippen LogP contribution in [-0.4, -0.2) is 11.1 Å². The fraction of sp³-hybridized carbons (Fsp3) is 0. The molecule has 4 aromatic rings. The first-order valence-corrected chi connectivity index (χ1v) is 10.4. The van der Waals surface area contributed by atoms with Gasteiger partial charge in [0.15, 0.2) is 0 Å². The Morgan fingerprint density at radius 1 is 0.741 bits per heavy atom. The fourth-order valence-electron chi connectivity index (χ4n) is 2.28. The molecule has 0 saturated heterocycles. The first-order valence-electron chi connectivity index (χ1n) is 7.91. The summed E-state index contributed by atoms with van der Waals surface area (Å²) < 4.78 is 0. The molecule has 0 radical (unpaired) electrons. The molecule has 0 atom stereocenters. The Balaban J connectivity index is 0.000000159. The largest absolute Gasteiger partial charge is 0.477 e. The molecule has 0 spiro atoms. The predicted molar refractivity (Wildman–Crippen MR) is 116 cm³/mol. The van der Waals surface area contributed by atoms with Gasteiger partial charge in [-0.1, -0.05) is 53.5 Å². The number of thiophene rings is 2. The minimum Gasteiger partial charge on any atom is -0.477 e. The minimum absolute atomic E-state index is 0.347. The average Bonchev–Trinajstić information content (AvgIpc) is 3.36. The zero-order valence-electron chi connectivity index (χ0n) is 13.9. The number of benzene rings is 2. The number of carboxylic acid groups (broad SMARTS) is 1. The summed E-state index contributed by atoms with van der Waals surface area (Å²) in [7, 11) is 0. The molecule has 0 aliphatic heterocycles. The van der Waals surface area contributed by atoms with Gasteiger partial charge in [-0.15, -0.1) is 22.7 Å². The molecule has 2 nitrogen and oxygen atoms in total. The van der Waals surface area contributed by atoms with Crippen LogP contribution in [0.2, 0.25) is 10.0 Å². The van der Waals surface area contributed by atoms with E-state index in [0.717, 1.165) is 15.5 Å². The quantitative estimate of drug-likeness (QED) is 0.357. The van der Waals surface area contributed by atoms with Gasteiger partial charge in [-0.05, 0) is 59.0 Å². The monoisotopic (exact) mass is 432 g/mol. The predicted octanol–water partition coefficient (Wildman–Crippen LogP) is 7.84. The second-order valence-electron chi connectivity index (χ2n) is 5.46. The molecule has 0 aliphatic rings. The van der Waals surface area contributed by atoms with Gasteiger partial charge in [-0.2, -0.15) is 0 Å². The van der Waals surface area contributed by atoms with Gasteiger partial charge < -0.3 is 5.11 Å². The van der Waals surface area contributed by atoms with Crippen LogP contribution >= 0.6 is 45.9 Å². The maximum Gasteiger partial charge on any atom is 0.345 e. The summed E-state index contributed by atoms with van der Waals surface area (Å²) in [5.74, 6) is -0.889. The van der Waals surface area contributed by atoms with E-state index in [1.807, 2.05) is 36.4 Å². The molecule has 0 saturated carbocycles. The zero-order valence-corrected chi connectivity index (χ0v) is 17.1. The van der Waals surface area contributed by atoms with Crippen molar-refractivity contribution in [1.82, 2.24) is 0 Å². The second kappa shape index (κ2) is 9.20. The highest BCUT2D eigenvalue weighted by molar-refractivity contribution is 7.17. The van der Waals surface area contributed by atoms with Crippen molar-refractivity contribution in [1.29, 1.82) is 0 Å². The van der Waals surface area contributed by atoms with Crippen molar-refractivity contribution in [3.63, 3.8) is 0 Å². The standard InChI is InChI=1S/C11H7ClO2S.C10H7ClS/c12-8-3-1-7(2-4-8)9-5-6-10(15-9)11(13)14;11-9-5-3-8(4-6-9)10-2-1-7-12-10/h1-6H,(H,13,14);1-7H. The Morgan fingerprint density at radius 3 is 1.74 bits per heavy atom. The molecule has 2 aromatic carbocycles. The van der Waals surface area contributed by atoms with Gasteiger partial charge in [0.1, 0.15) is 4.88 Å². The molecule has 2 aromatic heterocycles. The van der Waals surface area contributed by atoms with Crippen LogP contribution < -0.4 is 0 Å². The molecule has 27 heavy (non-hydrogen) atoms. The summed E-state index contributed by atoms with van der Waals surface area (Å²) in [6.07, 6.45) is 0. The maximum absolute atomic E-state index is 10.7. The number of hydrogen-bond donors (Lipinski definition) is 1. The van der Waals surface area contributed by atoms with Gasteiger partial charge in [0, 0.05) is 19.8 Å². The second-order valence-corrected chi connectivity index (χ2v) is 8.36. The fourth-order valence-corrected chi connectivity index (χ4v) is 4.11. The van der Waals surface area contributed by atoms with E-state index in [-0.39, 0.29) is 0 Å². The Bertz CT molecular complexity index is 1010. The number of halogens is 2. The van der Waals surface area contributed by atoms with Crippen molar-refractivity contribution in [2.45, 2.75) is 0 Å². The first-order chi connectivity index (χ1) is 13.0. The van der Waals surface area contributed by atoms with E-state index in [1.54, 1.807) is 35.6 Å². The molecule has 6 heteroatoms. The molecular weight excluding hydrogens is 419 g/mol. The van der Waals surface area contributed by atoms with E-state index in [0.29, 0.717) is 9.90 Å². The van der Waals surface area contributed by atoms with Crippen LogP contribution in [0.3, 0.4) is 0 Å². The third-order valence-electron chi connectivity index (χ3n) is 3.60. The van der Waals surface area contributed by atoms with Crippen LogP contribution in [0.4, 0.5) is 0 Å². The van der Waals surface area contributed by atoms with Crippen molar-refractivity contribution in [3.05, 3.63) is 93.1 Å². The van der Waals surface area contributed by atoms with Crippen molar-refractivity contribution < 1.29 is 9.90 Å². The van der Waals surface area contributed by atoms with Crippen LogP contribution in [0.25, 0.3) is 20.9 Å². The molecule has 0 bridgehead atoms. The van der Waals surface area contributed by atoms with E-state index in [2.05, 4.69) is 17.5 Å². The Labute approximate surface area is 175 Å². The lowest BCUT2D eigenvalue weighted by Crippen LogP contribution is -1.89. The maximum atomic E-state index is 10.7. The van der Waals surface area contributed by atoms with Crippen molar-refractivity contribution in [3.8, 4) is 20.9 Å². The summed E-state index contributed by atoms with van der Waals surface area (Å²) >= 11 is 14.5. The Morgan fingerprint density at radius 2 is 1.30 bits per heavy atom. The van der Waals surface area contributed by atoms with Gasteiger partial charge in [-0.3, -0.25) is 0 Å². The number of rotatable bonds is 3. The molecule has 1 N–H and O–H groups in total. The molecule has 2 heterocycles. The first kappa shape index (κ1) is 19.6. The molecule has 0 aliphatic carbocycles. The molecule has 0 amide bonds. The summed E-state index contributed by atoms with van der Waals surface area (Å²) in [5, 5.41) is 12.3. The van der Waals surface area contributed by atoms with E-state index in [1.165, 1.54) is 21.8 Å². The summed E-state index contributed by atoms with van der Waals surface area (Å²) in [6, 6.07) is 22.8. The van der Waals surface area contributed by atoms with Crippen LogP contribution in [0.15, 0.2) is 78.2 Å². The number of aromatic carboxylic acids is 1. The Hall–Kier alpha value is -2.11. The van der Waals surface area contributed by atoms with Gasteiger partial charge in [0.2, 0.25) is 0 Å². The number of carbonyl (C=O) groups is 1. The molecular formula is C21H14Cl2O2S2. The lowest BCUT2D eigenvalue weighted by Gasteiger charge is -1.96. The Kier molecular flexibility index (Phi) is 6.69. The van der Waals surface area contributed by atoms with Crippen molar-refractivity contribution >= 4 is 51.8 Å². The van der Waals surface area contributed by atoms with E-state index in [4.69, 9.17) is 28.3 Å². The van der Waals surface area contributed by atoms with Crippen LogP contribution in [0.5, 0.6) is 0 Å². The average molecular weight is 433 g/mol. The number of hydrogen-bond acceptors (Lipinski definition) is 3. The van der Waals surface area contributed by atoms with Gasteiger partial charge in [-0.25, -0.2) is 4.79 Å². The van der Waals surface area contributed by atoms with E-state index in [9.17, 15) is 4.79 Å². The minimum atomic E-state index is -0.889. The van der Waals surface area contributed by atoms with E-state index < -0.39 is 5.97 Å². The van der Waals surface area contributed by atoms with Crippen LogP contribution in [-0.2, 0) is 0 Å². The van der Waals surface area contributed by atoms with Crippen LogP contribution in [0.1, 0.15) is 9.67 Å². The topological polar surface area (TPSA) is 37.3 Å². The summed E-state index contributed by atoms with van der Waals surface area (Å²) in [5.41, 5.74) is 2.21. The third kappa shape index (κ3) is 5.44. The number of carboxylic acids is 1. The van der Waals surface area contributed by atoms with Gasteiger partial charge in [0.05, 0.1) is 0 Å². The SMILES string of the molecule is Clc1ccc(-c2cccs2)cc1.O=C(O)c1ccc(-c2ccc(Cl)cc2)s1. The van der Waals surface area contributed by atoms with Crippen LogP contribution in [0, 0.1) is 0 Å². The zero-order chi connectivity index (χ0) is 19.2. The molecule has 0 unspecified atom stereocenters. The smallest absolute Gasteiger partial charge is 0.345 e. The van der Waals surface area contributed by atoms with Crippen molar-refractivity contribution in [2.24, 2.45) is 0 Å².